The quantitative estimate of drug-likeness (QED) is 0.0688. The summed E-state index contributed by atoms with van der Waals surface area (Å²) in [6.07, 6.45) is 6.14. The minimum atomic E-state index is -1.39. The van der Waals surface area contributed by atoms with Crippen LogP contribution in [0.15, 0.2) is 96.2 Å². The van der Waals surface area contributed by atoms with Gasteiger partial charge in [-0.2, -0.15) is 4.98 Å². The molecule has 6 aromatic rings. The number of anilines is 1. The standard InChI is InChI=1S/C40H44N10O6/c1-24-17-30(51)18-25(2)31(24)21-33(45-36(52)32(47-40(54)55)9-6-15-50-16-14-43-39(50)41)37(53)46-34(20-29-22-42-23-44-29)38-48-35(49-56-38)19-26-10-12-28(13-11-26)27-7-4-3-5-8-27/h3-5,7-8,10-14,16-18,22-23,32-34,47,51H,6,9,15,19-21H2,1-2H3,(H2,41,43)(H,42,44)(H,45,52)(H,46,53)(H,54,55)/t32-,33+,34+/m1/s1. The van der Waals surface area contributed by atoms with Crippen LogP contribution in [0.25, 0.3) is 11.1 Å². The van der Waals surface area contributed by atoms with Crippen LogP contribution in [0.5, 0.6) is 5.75 Å². The summed E-state index contributed by atoms with van der Waals surface area (Å²) < 4.78 is 7.40. The number of nitrogens with zero attached hydrogens (tertiary/aromatic N) is 5. The number of carboxylic acid groups (broad SMARTS) is 1. The third kappa shape index (κ3) is 10.2. The predicted octanol–water partition coefficient (Wildman–Crippen LogP) is 4.40. The monoisotopic (exact) mass is 760 g/mol. The second-order valence-corrected chi connectivity index (χ2v) is 13.6. The van der Waals surface area contributed by atoms with Gasteiger partial charge in [-0.15, -0.1) is 0 Å². The van der Waals surface area contributed by atoms with E-state index in [-0.39, 0.29) is 30.9 Å². The summed E-state index contributed by atoms with van der Waals surface area (Å²) >= 11 is 0. The number of H-pyrrole nitrogens is 1. The van der Waals surface area contributed by atoms with Crippen molar-refractivity contribution in [3.63, 3.8) is 0 Å². The van der Waals surface area contributed by atoms with Gasteiger partial charge in [0.1, 0.15) is 23.9 Å². The average Bonchev–Trinajstić information content (AvgIpc) is 3.96. The van der Waals surface area contributed by atoms with Crippen LogP contribution in [0.3, 0.4) is 0 Å². The summed E-state index contributed by atoms with van der Waals surface area (Å²) in [4.78, 5) is 55.8. The molecule has 0 unspecified atom stereocenters. The number of nitrogen functional groups attached to an aromatic ring is 1. The number of aromatic hydroxyl groups is 1. The van der Waals surface area contributed by atoms with Crippen LogP contribution in [0.1, 0.15) is 58.5 Å². The number of hydrogen-bond acceptors (Lipinski definition) is 10. The van der Waals surface area contributed by atoms with E-state index in [1.54, 1.807) is 49.1 Å². The topological polar surface area (TPSA) is 239 Å². The number of imidazole rings is 2. The molecule has 56 heavy (non-hydrogen) atoms. The molecule has 0 aliphatic heterocycles. The van der Waals surface area contributed by atoms with E-state index in [0.717, 1.165) is 22.3 Å². The Morgan fingerprint density at radius 3 is 2.29 bits per heavy atom. The molecule has 0 aliphatic rings. The number of phenolic OH excluding ortho intramolecular Hbond substituents is 1. The first kappa shape index (κ1) is 38.7. The van der Waals surface area contributed by atoms with Crippen molar-refractivity contribution in [1.82, 2.24) is 45.6 Å². The van der Waals surface area contributed by atoms with Gasteiger partial charge in [0.25, 0.3) is 0 Å². The zero-order chi connectivity index (χ0) is 39.6. The van der Waals surface area contributed by atoms with Crippen LogP contribution in [-0.2, 0) is 35.4 Å². The minimum absolute atomic E-state index is 0.0318. The Kier molecular flexibility index (Phi) is 12.4. The fraction of sp³-hybridized carbons (Fsp3) is 0.275. The number of aromatic nitrogens is 6. The fourth-order valence-electron chi connectivity index (χ4n) is 6.58. The van der Waals surface area contributed by atoms with Crippen molar-refractivity contribution in [1.29, 1.82) is 0 Å². The summed E-state index contributed by atoms with van der Waals surface area (Å²) in [7, 11) is 0. The molecular formula is C40H44N10O6. The molecule has 0 spiro atoms. The number of hydrogen-bond donors (Lipinski definition) is 7. The Bertz CT molecular complexity index is 2210. The van der Waals surface area contributed by atoms with E-state index >= 15 is 0 Å². The SMILES string of the molecule is Cc1cc(O)cc(C)c1C[C@H](NC(=O)[C@@H](CCCn1ccnc1N)NC(=O)O)C(=O)N[C@@H](Cc1c[nH]cn1)c1nc(Cc2ccc(-c3ccccc3)cc2)no1. The Balaban J connectivity index is 1.22. The molecule has 0 aliphatic carbocycles. The van der Waals surface area contributed by atoms with Gasteiger partial charge < -0.3 is 46.0 Å². The van der Waals surface area contributed by atoms with Gasteiger partial charge >= 0.3 is 6.09 Å². The molecule has 0 bridgehead atoms. The predicted molar refractivity (Wildman–Crippen MR) is 206 cm³/mol. The zero-order valence-electron chi connectivity index (χ0n) is 31.0. The molecule has 0 fully saturated rings. The number of benzene rings is 3. The number of aryl methyl sites for hydroxylation is 3. The number of amides is 3. The van der Waals surface area contributed by atoms with Gasteiger partial charge in [0.05, 0.1) is 12.0 Å². The van der Waals surface area contributed by atoms with Crippen molar-refractivity contribution < 1.29 is 29.1 Å². The molecule has 16 heteroatoms. The van der Waals surface area contributed by atoms with E-state index in [9.17, 15) is 24.6 Å². The van der Waals surface area contributed by atoms with Gasteiger partial charge in [0.2, 0.25) is 17.7 Å². The van der Waals surface area contributed by atoms with E-state index in [0.29, 0.717) is 48.0 Å². The lowest BCUT2D eigenvalue weighted by molar-refractivity contribution is -0.130. The maximum absolute atomic E-state index is 14.3. The second kappa shape index (κ2) is 17.9. The van der Waals surface area contributed by atoms with E-state index in [1.165, 1.54) is 6.33 Å². The van der Waals surface area contributed by atoms with Crippen molar-refractivity contribution in [3.05, 3.63) is 131 Å². The van der Waals surface area contributed by atoms with Gasteiger partial charge in [-0.05, 0) is 72.2 Å². The Morgan fingerprint density at radius 2 is 1.62 bits per heavy atom. The highest BCUT2D eigenvalue weighted by Gasteiger charge is 2.31. The number of aromatic amines is 1. The summed E-state index contributed by atoms with van der Waals surface area (Å²) in [5, 5.41) is 32.1. The molecule has 3 aromatic heterocycles. The van der Waals surface area contributed by atoms with E-state index in [2.05, 4.69) is 41.0 Å². The number of nitrogens with two attached hydrogens (primary N) is 1. The lowest BCUT2D eigenvalue weighted by Crippen LogP contribution is -2.55. The van der Waals surface area contributed by atoms with Crippen LogP contribution >= 0.6 is 0 Å². The Hall–Kier alpha value is -6.97. The first-order valence-corrected chi connectivity index (χ1v) is 18.1. The molecule has 3 heterocycles. The van der Waals surface area contributed by atoms with Gasteiger partial charge in [0, 0.05) is 44.4 Å². The van der Waals surface area contributed by atoms with Crippen molar-refractivity contribution in [3.8, 4) is 16.9 Å². The molecule has 3 amide bonds. The van der Waals surface area contributed by atoms with Gasteiger partial charge in [-0.1, -0.05) is 59.8 Å². The first-order valence-electron chi connectivity index (χ1n) is 18.1. The summed E-state index contributed by atoms with van der Waals surface area (Å²) in [5.74, 6) is -0.359. The molecule has 0 saturated carbocycles. The van der Waals surface area contributed by atoms with E-state index in [4.69, 9.17) is 10.3 Å². The third-order valence-corrected chi connectivity index (χ3v) is 9.47. The highest BCUT2D eigenvalue weighted by molar-refractivity contribution is 5.91. The van der Waals surface area contributed by atoms with E-state index in [1.807, 2.05) is 54.6 Å². The molecule has 0 radical (unpaired) electrons. The Morgan fingerprint density at radius 1 is 0.911 bits per heavy atom. The Labute approximate surface area is 322 Å². The molecule has 3 aromatic carbocycles. The average molecular weight is 761 g/mol. The highest BCUT2D eigenvalue weighted by Crippen LogP contribution is 2.24. The van der Waals surface area contributed by atoms with Gasteiger partial charge in [-0.25, -0.2) is 14.8 Å². The summed E-state index contributed by atoms with van der Waals surface area (Å²) in [5.41, 5.74) is 11.8. The van der Waals surface area contributed by atoms with E-state index < -0.39 is 36.0 Å². The van der Waals surface area contributed by atoms with Crippen LogP contribution < -0.4 is 21.7 Å². The molecule has 0 saturated heterocycles. The number of nitrogens with one attached hydrogen (secondary N) is 4. The van der Waals surface area contributed by atoms with Crippen LogP contribution in [0, 0.1) is 13.8 Å². The third-order valence-electron chi connectivity index (χ3n) is 9.47. The molecule has 290 valence electrons. The number of carbonyl (C=O) groups excluding carboxylic acids is 2. The number of carbonyl (C=O) groups is 3. The smallest absolute Gasteiger partial charge is 0.405 e. The molecule has 3 atom stereocenters. The minimum Gasteiger partial charge on any atom is -0.508 e. The van der Waals surface area contributed by atoms with Gasteiger partial charge in [0.15, 0.2) is 11.8 Å². The molecular weight excluding hydrogens is 717 g/mol. The highest BCUT2D eigenvalue weighted by atomic mass is 16.5. The lowest BCUT2D eigenvalue weighted by atomic mass is 9.95. The maximum Gasteiger partial charge on any atom is 0.405 e. The number of rotatable bonds is 17. The summed E-state index contributed by atoms with van der Waals surface area (Å²) in [6, 6.07) is 18.0. The molecule has 8 N–H and O–H groups in total. The molecule has 6 rings (SSSR count). The van der Waals surface area contributed by atoms with Crippen molar-refractivity contribution in [2.45, 2.75) is 70.6 Å². The van der Waals surface area contributed by atoms with Gasteiger partial charge in [-0.3, -0.25) is 9.59 Å². The van der Waals surface area contributed by atoms with Crippen molar-refractivity contribution >= 4 is 23.9 Å². The zero-order valence-corrected chi connectivity index (χ0v) is 31.0. The molecule has 16 nitrogen and oxygen atoms in total. The fourth-order valence-corrected chi connectivity index (χ4v) is 6.58. The maximum atomic E-state index is 14.3. The normalized spacial score (nSPS) is 12.8. The lowest BCUT2D eigenvalue weighted by Gasteiger charge is -2.25. The van der Waals surface area contributed by atoms with Crippen LogP contribution in [0.4, 0.5) is 10.7 Å². The summed E-state index contributed by atoms with van der Waals surface area (Å²) in [6.45, 7) is 3.99. The van der Waals surface area contributed by atoms with Crippen molar-refractivity contribution in [2.75, 3.05) is 5.73 Å². The van der Waals surface area contributed by atoms with Crippen molar-refractivity contribution in [2.24, 2.45) is 0 Å². The van der Waals surface area contributed by atoms with Crippen LogP contribution in [0.2, 0.25) is 0 Å². The number of phenols is 1. The second-order valence-electron chi connectivity index (χ2n) is 13.6. The largest absolute Gasteiger partial charge is 0.508 e. The first-order chi connectivity index (χ1) is 27.0. The van der Waals surface area contributed by atoms with Crippen LogP contribution in [-0.4, -0.2) is 69.9 Å².